The molecule has 0 radical (unpaired) electrons. The SMILES string of the molecule is CCCCCCCCCCCCCCCCCc1ccc2c(CCCCCCCCCCCCCCCCC)cc(S(=O)(=O)O)cc2c1. The van der Waals surface area contributed by atoms with E-state index in [-0.39, 0.29) is 4.90 Å². The van der Waals surface area contributed by atoms with Gasteiger partial charge in [-0.1, -0.05) is 212 Å². The standard InChI is InChI=1S/C44H76O3S/c1-3-5-7-9-11-13-15-17-19-21-23-25-27-29-31-33-40-35-36-44-41(38-43(48(45,46)47)39-42(44)37-40)34-32-30-28-26-24-22-20-18-16-14-12-10-8-6-4-2/h35-39H,3-34H2,1-2H3,(H,45,46,47). The van der Waals surface area contributed by atoms with Crippen LogP contribution in [-0.4, -0.2) is 13.0 Å². The Balaban J connectivity index is 1.62. The van der Waals surface area contributed by atoms with Crippen molar-refractivity contribution in [1.29, 1.82) is 0 Å². The van der Waals surface area contributed by atoms with Gasteiger partial charge in [0.1, 0.15) is 0 Å². The van der Waals surface area contributed by atoms with E-state index >= 15 is 0 Å². The summed E-state index contributed by atoms with van der Waals surface area (Å²) in [7, 11) is -4.23. The van der Waals surface area contributed by atoms with E-state index in [9.17, 15) is 13.0 Å². The number of hydrogen-bond donors (Lipinski definition) is 1. The van der Waals surface area contributed by atoms with E-state index in [0.717, 1.165) is 35.6 Å². The van der Waals surface area contributed by atoms with Crippen LogP contribution in [0.3, 0.4) is 0 Å². The van der Waals surface area contributed by atoms with E-state index in [1.165, 1.54) is 192 Å². The molecule has 0 aliphatic rings. The number of rotatable bonds is 33. The molecule has 48 heavy (non-hydrogen) atoms. The lowest BCUT2D eigenvalue weighted by molar-refractivity contribution is 0.483. The van der Waals surface area contributed by atoms with Crippen LogP contribution in [0.15, 0.2) is 35.2 Å². The maximum atomic E-state index is 12.1. The minimum Gasteiger partial charge on any atom is -0.282 e. The van der Waals surface area contributed by atoms with Gasteiger partial charge >= 0.3 is 0 Å². The van der Waals surface area contributed by atoms with E-state index < -0.39 is 10.1 Å². The van der Waals surface area contributed by atoms with Crippen molar-refractivity contribution in [2.75, 3.05) is 0 Å². The van der Waals surface area contributed by atoms with Crippen molar-refractivity contribution in [3.63, 3.8) is 0 Å². The zero-order valence-corrected chi connectivity index (χ0v) is 32.5. The topological polar surface area (TPSA) is 54.4 Å². The van der Waals surface area contributed by atoms with Gasteiger partial charge in [0, 0.05) is 0 Å². The van der Waals surface area contributed by atoms with E-state index in [2.05, 4.69) is 32.0 Å². The summed E-state index contributed by atoms with van der Waals surface area (Å²) in [6.07, 6.45) is 42.5. The fraction of sp³-hybridized carbons (Fsp3) is 0.773. The molecule has 0 unspecified atom stereocenters. The first kappa shape index (κ1) is 42.8. The van der Waals surface area contributed by atoms with Crippen LogP contribution in [0.5, 0.6) is 0 Å². The molecule has 0 saturated carbocycles. The number of fused-ring (bicyclic) bond motifs is 1. The maximum Gasteiger partial charge on any atom is 0.294 e. The molecule has 0 saturated heterocycles. The fourth-order valence-corrected chi connectivity index (χ4v) is 7.93. The predicted molar refractivity (Wildman–Crippen MR) is 211 cm³/mol. The van der Waals surface area contributed by atoms with Crippen LogP contribution >= 0.6 is 0 Å². The molecule has 1 N–H and O–H groups in total. The zero-order valence-electron chi connectivity index (χ0n) is 31.7. The monoisotopic (exact) mass is 685 g/mol. The Hall–Kier alpha value is -1.39. The summed E-state index contributed by atoms with van der Waals surface area (Å²) >= 11 is 0. The highest BCUT2D eigenvalue weighted by molar-refractivity contribution is 7.85. The highest BCUT2D eigenvalue weighted by Crippen LogP contribution is 2.27. The Bertz CT molecular complexity index is 1160. The molecular formula is C44H76O3S. The summed E-state index contributed by atoms with van der Waals surface area (Å²) in [5.74, 6) is 0. The smallest absolute Gasteiger partial charge is 0.282 e. The minimum absolute atomic E-state index is 0.0371. The van der Waals surface area contributed by atoms with E-state index in [1.54, 1.807) is 12.1 Å². The fourth-order valence-electron chi connectivity index (χ4n) is 7.37. The maximum absolute atomic E-state index is 12.1. The van der Waals surface area contributed by atoms with Gasteiger partial charge in [0.2, 0.25) is 0 Å². The molecule has 0 aromatic heterocycles. The Kier molecular flexibility index (Phi) is 25.2. The van der Waals surface area contributed by atoms with Crippen molar-refractivity contribution in [2.45, 2.75) is 224 Å². The van der Waals surface area contributed by atoms with Crippen LogP contribution in [0.25, 0.3) is 10.8 Å². The minimum atomic E-state index is -4.23. The quantitative estimate of drug-likeness (QED) is 0.0601. The molecule has 2 aromatic carbocycles. The van der Waals surface area contributed by atoms with Gasteiger partial charge in [-0.3, -0.25) is 4.55 Å². The Morgan fingerprint density at radius 1 is 0.438 bits per heavy atom. The molecule has 0 spiro atoms. The summed E-state index contributed by atoms with van der Waals surface area (Å²) < 4.78 is 34.1. The third-order valence-electron chi connectivity index (χ3n) is 10.5. The van der Waals surface area contributed by atoms with Crippen molar-refractivity contribution in [3.05, 3.63) is 41.5 Å². The van der Waals surface area contributed by atoms with E-state index in [1.807, 2.05) is 0 Å². The first-order valence-electron chi connectivity index (χ1n) is 21.0. The van der Waals surface area contributed by atoms with Gasteiger partial charge in [0.15, 0.2) is 0 Å². The molecule has 0 bridgehead atoms. The first-order valence-corrected chi connectivity index (χ1v) is 22.4. The van der Waals surface area contributed by atoms with Gasteiger partial charge in [-0.05, 0) is 59.7 Å². The van der Waals surface area contributed by atoms with Gasteiger partial charge in [0.05, 0.1) is 4.90 Å². The second kappa shape index (κ2) is 28.3. The molecule has 0 fully saturated rings. The number of benzene rings is 2. The zero-order chi connectivity index (χ0) is 34.5. The molecule has 4 heteroatoms. The van der Waals surface area contributed by atoms with Crippen molar-refractivity contribution in [1.82, 2.24) is 0 Å². The van der Waals surface area contributed by atoms with Crippen LogP contribution < -0.4 is 0 Å². The largest absolute Gasteiger partial charge is 0.294 e. The number of unbranched alkanes of at least 4 members (excludes halogenated alkanes) is 28. The van der Waals surface area contributed by atoms with Crippen LogP contribution in [0.2, 0.25) is 0 Å². The van der Waals surface area contributed by atoms with Crippen LogP contribution in [0, 0.1) is 0 Å². The third-order valence-corrected chi connectivity index (χ3v) is 11.3. The lowest BCUT2D eigenvalue weighted by Gasteiger charge is -2.11. The molecular weight excluding hydrogens is 609 g/mol. The normalized spacial score (nSPS) is 12.0. The molecule has 276 valence electrons. The molecule has 0 aliphatic carbocycles. The van der Waals surface area contributed by atoms with Gasteiger partial charge < -0.3 is 0 Å². The summed E-state index contributed by atoms with van der Waals surface area (Å²) in [6, 6.07) is 9.94. The van der Waals surface area contributed by atoms with Crippen LogP contribution in [0.1, 0.15) is 218 Å². The van der Waals surface area contributed by atoms with Crippen molar-refractivity contribution in [3.8, 4) is 0 Å². The molecule has 3 nitrogen and oxygen atoms in total. The van der Waals surface area contributed by atoms with Crippen molar-refractivity contribution >= 4 is 20.9 Å². The third kappa shape index (κ3) is 21.0. The highest BCUT2D eigenvalue weighted by Gasteiger charge is 2.14. The molecule has 0 atom stereocenters. The summed E-state index contributed by atoms with van der Waals surface area (Å²) in [5, 5.41) is 2.08. The predicted octanol–water partition coefficient (Wildman–Crippen LogP) is 14.9. The summed E-state index contributed by atoms with van der Waals surface area (Å²) in [5.41, 5.74) is 2.32. The average molecular weight is 685 g/mol. The number of hydrogen-bond acceptors (Lipinski definition) is 2. The molecule has 0 amide bonds. The second-order valence-electron chi connectivity index (χ2n) is 15.0. The molecule has 2 aromatic rings. The van der Waals surface area contributed by atoms with E-state index in [4.69, 9.17) is 0 Å². The van der Waals surface area contributed by atoms with Crippen molar-refractivity contribution < 1.29 is 13.0 Å². The van der Waals surface area contributed by atoms with Gasteiger partial charge in [0.25, 0.3) is 10.1 Å². The Morgan fingerprint density at radius 3 is 1.17 bits per heavy atom. The number of aryl methyl sites for hydroxylation is 2. The highest BCUT2D eigenvalue weighted by atomic mass is 32.2. The molecule has 2 rings (SSSR count). The lowest BCUT2D eigenvalue weighted by Crippen LogP contribution is -2.01. The Labute approximate surface area is 298 Å². The lowest BCUT2D eigenvalue weighted by atomic mass is 9.96. The first-order chi connectivity index (χ1) is 23.5. The van der Waals surface area contributed by atoms with Crippen LogP contribution in [-0.2, 0) is 23.0 Å². The summed E-state index contributed by atoms with van der Waals surface area (Å²) in [6.45, 7) is 4.57. The van der Waals surface area contributed by atoms with E-state index in [0.29, 0.717) is 0 Å². The van der Waals surface area contributed by atoms with Crippen molar-refractivity contribution in [2.24, 2.45) is 0 Å². The summed E-state index contributed by atoms with van der Waals surface area (Å²) in [4.78, 5) is 0.0371. The van der Waals surface area contributed by atoms with Gasteiger partial charge in [-0.15, -0.1) is 0 Å². The van der Waals surface area contributed by atoms with Crippen LogP contribution in [0.4, 0.5) is 0 Å². The Morgan fingerprint density at radius 2 is 0.792 bits per heavy atom. The average Bonchev–Trinajstić information content (AvgIpc) is 3.07. The molecule has 0 aliphatic heterocycles. The second-order valence-corrected chi connectivity index (χ2v) is 16.4. The van der Waals surface area contributed by atoms with Gasteiger partial charge in [-0.25, -0.2) is 0 Å². The molecule has 0 heterocycles. The van der Waals surface area contributed by atoms with Gasteiger partial charge in [-0.2, -0.15) is 8.42 Å².